The maximum absolute atomic E-state index is 11.4. The Kier molecular flexibility index (Phi) is 3.76. The standard InChI is InChI=1S/C9H19NO4S/c1-7(2)15(11,12)10-5-8-6-13-9(3,4)14-8/h7-8,10H,5-6H2,1-4H3. The molecule has 0 aliphatic carbocycles. The number of nitrogens with one attached hydrogen (secondary N) is 1. The van der Waals surface area contributed by atoms with Gasteiger partial charge in [-0.25, -0.2) is 13.1 Å². The van der Waals surface area contributed by atoms with Crippen molar-refractivity contribution >= 4 is 10.0 Å². The molecule has 15 heavy (non-hydrogen) atoms. The topological polar surface area (TPSA) is 64.6 Å². The molecule has 1 aliphatic heterocycles. The van der Waals surface area contributed by atoms with Crippen LogP contribution in [0.2, 0.25) is 0 Å². The van der Waals surface area contributed by atoms with Crippen LogP contribution in [0.4, 0.5) is 0 Å². The fourth-order valence-corrected chi connectivity index (χ4v) is 1.99. The van der Waals surface area contributed by atoms with Crippen LogP contribution in [-0.4, -0.2) is 38.7 Å². The van der Waals surface area contributed by atoms with Crippen LogP contribution in [0, 0.1) is 0 Å². The maximum Gasteiger partial charge on any atom is 0.214 e. The number of hydrogen-bond acceptors (Lipinski definition) is 4. The minimum Gasteiger partial charge on any atom is -0.348 e. The van der Waals surface area contributed by atoms with Crippen molar-refractivity contribution in [3.8, 4) is 0 Å². The van der Waals surface area contributed by atoms with Gasteiger partial charge in [0.25, 0.3) is 0 Å². The molecule has 0 radical (unpaired) electrons. The van der Waals surface area contributed by atoms with Crippen molar-refractivity contribution in [1.82, 2.24) is 4.72 Å². The van der Waals surface area contributed by atoms with Gasteiger partial charge in [0.2, 0.25) is 10.0 Å². The fourth-order valence-electron chi connectivity index (χ4n) is 1.24. The molecule has 0 saturated carbocycles. The van der Waals surface area contributed by atoms with E-state index in [4.69, 9.17) is 9.47 Å². The SMILES string of the molecule is CC(C)S(=O)(=O)NCC1COC(C)(C)O1. The molecule has 1 aliphatic rings. The minimum atomic E-state index is -3.21. The van der Waals surface area contributed by atoms with Gasteiger partial charge in [0, 0.05) is 6.54 Å². The molecule has 1 rings (SSSR count). The van der Waals surface area contributed by atoms with Crippen LogP contribution in [-0.2, 0) is 19.5 Å². The van der Waals surface area contributed by atoms with Crippen molar-refractivity contribution in [2.45, 2.75) is 44.8 Å². The highest BCUT2D eigenvalue weighted by Gasteiger charge is 2.33. The summed E-state index contributed by atoms with van der Waals surface area (Å²) >= 11 is 0. The van der Waals surface area contributed by atoms with E-state index in [1.165, 1.54) is 0 Å². The van der Waals surface area contributed by atoms with Crippen LogP contribution >= 0.6 is 0 Å². The molecule has 0 aromatic heterocycles. The number of rotatable bonds is 4. The maximum atomic E-state index is 11.4. The molecule has 1 atom stereocenters. The second kappa shape index (κ2) is 4.37. The normalized spacial score (nSPS) is 26.1. The van der Waals surface area contributed by atoms with Crippen LogP contribution in [0.5, 0.6) is 0 Å². The predicted molar refractivity (Wildman–Crippen MR) is 57.0 cm³/mol. The lowest BCUT2D eigenvalue weighted by atomic mass is 10.4. The molecule has 1 heterocycles. The van der Waals surface area contributed by atoms with Crippen molar-refractivity contribution in [3.63, 3.8) is 0 Å². The third-order valence-corrected chi connectivity index (χ3v) is 4.01. The molecular weight excluding hydrogens is 218 g/mol. The molecule has 5 nitrogen and oxygen atoms in total. The molecule has 1 N–H and O–H groups in total. The smallest absolute Gasteiger partial charge is 0.214 e. The van der Waals surface area contributed by atoms with E-state index in [-0.39, 0.29) is 12.6 Å². The zero-order valence-corrected chi connectivity index (χ0v) is 10.4. The van der Waals surface area contributed by atoms with Crippen molar-refractivity contribution in [1.29, 1.82) is 0 Å². The lowest BCUT2D eigenvalue weighted by molar-refractivity contribution is -0.137. The predicted octanol–water partition coefficient (Wildman–Crippen LogP) is 0.466. The van der Waals surface area contributed by atoms with Gasteiger partial charge in [-0.2, -0.15) is 0 Å². The van der Waals surface area contributed by atoms with Crippen molar-refractivity contribution in [3.05, 3.63) is 0 Å². The lowest BCUT2D eigenvalue weighted by Gasteiger charge is -2.17. The van der Waals surface area contributed by atoms with Crippen molar-refractivity contribution in [2.75, 3.05) is 13.2 Å². The van der Waals surface area contributed by atoms with E-state index in [0.717, 1.165) is 0 Å². The Morgan fingerprint density at radius 3 is 2.47 bits per heavy atom. The van der Waals surface area contributed by atoms with E-state index in [1.54, 1.807) is 13.8 Å². The van der Waals surface area contributed by atoms with E-state index < -0.39 is 21.1 Å². The van der Waals surface area contributed by atoms with Crippen LogP contribution in [0.15, 0.2) is 0 Å². The molecule has 1 unspecified atom stereocenters. The van der Waals surface area contributed by atoms with Crippen LogP contribution in [0.1, 0.15) is 27.7 Å². The summed E-state index contributed by atoms with van der Waals surface area (Å²) in [7, 11) is -3.21. The molecule has 6 heteroatoms. The number of hydrogen-bond donors (Lipinski definition) is 1. The average Bonchev–Trinajstić information content (AvgIpc) is 2.42. The monoisotopic (exact) mass is 237 g/mol. The van der Waals surface area contributed by atoms with Crippen LogP contribution in [0.3, 0.4) is 0 Å². The fraction of sp³-hybridized carbons (Fsp3) is 1.00. The zero-order chi connectivity index (χ0) is 11.7. The number of sulfonamides is 1. The Balaban J connectivity index is 2.40. The molecule has 0 amide bonds. The van der Waals surface area contributed by atoms with Gasteiger partial charge in [0.05, 0.1) is 18.0 Å². The summed E-state index contributed by atoms with van der Waals surface area (Å²) in [5.74, 6) is -0.603. The van der Waals surface area contributed by atoms with Gasteiger partial charge in [0.1, 0.15) is 0 Å². The zero-order valence-electron chi connectivity index (χ0n) is 9.61. The van der Waals surface area contributed by atoms with Crippen molar-refractivity contribution in [2.24, 2.45) is 0 Å². The summed E-state index contributed by atoms with van der Waals surface area (Å²) in [6.45, 7) is 7.59. The summed E-state index contributed by atoms with van der Waals surface area (Å²) in [4.78, 5) is 0. The Hall–Kier alpha value is -0.170. The van der Waals surface area contributed by atoms with E-state index in [1.807, 2.05) is 13.8 Å². The van der Waals surface area contributed by atoms with E-state index in [2.05, 4.69) is 4.72 Å². The molecule has 1 fully saturated rings. The molecule has 0 bridgehead atoms. The highest BCUT2D eigenvalue weighted by atomic mass is 32.2. The second-order valence-corrected chi connectivity index (χ2v) is 6.71. The summed E-state index contributed by atoms with van der Waals surface area (Å²) in [5, 5.41) is -0.423. The highest BCUT2D eigenvalue weighted by molar-refractivity contribution is 7.90. The first-order valence-corrected chi connectivity index (χ1v) is 6.58. The second-order valence-electron chi connectivity index (χ2n) is 4.39. The molecular formula is C9H19NO4S. The summed E-state index contributed by atoms with van der Waals surface area (Å²) in [6.07, 6.45) is -0.200. The van der Waals surface area contributed by atoms with E-state index in [0.29, 0.717) is 6.61 Å². The molecule has 90 valence electrons. The lowest BCUT2D eigenvalue weighted by Crippen LogP contribution is -2.37. The first kappa shape index (κ1) is 12.9. The third-order valence-electron chi connectivity index (χ3n) is 2.20. The van der Waals surface area contributed by atoms with Gasteiger partial charge in [-0.1, -0.05) is 0 Å². The van der Waals surface area contributed by atoms with Crippen molar-refractivity contribution < 1.29 is 17.9 Å². The molecule has 0 spiro atoms. The van der Waals surface area contributed by atoms with Gasteiger partial charge in [-0.05, 0) is 27.7 Å². The van der Waals surface area contributed by atoms with Gasteiger partial charge in [0.15, 0.2) is 5.79 Å². The minimum absolute atomic E-state index is 0.200. The first-order valence-electron chi connectivity index (χ1n) is 5.03. The molecule has 1 saturated heterocycles. The number of ether oxygens (including phenoxy) is 2. The van der Waals surface area contributed by atoms with Crippen LogP contribution in [0.25, 0.3) is 0 Å². The molecule has 0 aromatic rings. The Labute approximate surface area is 91.2 Å². The summed E-state index contributed by atoms with van der Waals surface area (Å²) in [6, 6.07) is 0. The van der Waals surface area contributed by atoms with E-state index in [9.17, 15) is 8.42 Å². The quantitative estimate of drug-likeness (QED) is 0.771. The third kappa shape index (κ3) is 3.71. The van der Waals surface area contributed by atoms with Gasteiger partial charge in [-0.15, -0.1) is 0 Å². The van der Waals surface area contributed by atoms with E-state index >= 15 is 0 Å². The highest BCUT2D eigenvalue weighted by Crippen LogP contribution is 2.21. The molecule has 0 aromatic carbocycles. The van der Waals surface area contributed by atoms with Gasteiger partial charge < -0.3 is 9.47 Å². The summed E-state index contributed by atoms with van der Waals surface area (Å²) in [5.41, 5.74) is 0. The van der Waals surface area contributed by atoms with Crippen LogP contribution < -0.4 is 4.72 Å². The van der Waals surface area contributed by atoms with Gasteiger partial charge in [-0.3, -0.25) is 0 Å². The largest absolute Gasteiger partial charge is 0.348 e. The first-order chi connectivity index (χ1) is 6.73. The average molecular weight is 237 g/mol. The Morgan fingerprint density at radius 1 is 1.47 bits per heavy atom. The Bertz CT molecular complexity index is 310. The van der Waals surface area contributed by atoms with Gasteiger partial charge >= 0.3 is 0 Å². The Morgan fingerprint density at radius 2 is 2.07 bits per heavy atom. The summed E-state index contributed by atoms with van der Waals surface area (Å²) < 4.78 is 36.2.